The zero-order chi connectivity index (χ0) is 19.4. The molecule has 1 saturated heterocycles. The van der Waals surface area contributed by atoms with E-state index in [2.05, 4.69) is 5.32 Å². The Hall–Kier alpha value is -2.22. The van der Waals surface area contributed by atoms with Crippen LogP contribution in [0.2, 0.25) is 5.02 Å². The highest BCUT2D eigenvalue weighted by Crippen LogP contribution is 2.23. The van der Waals surface area contributed by atoms with E-state index in [1.165, 1.54) is 58.9 Å². The molecule has 0 saturated carbocycles. The number of amides is 1. The molecular weight excluding hydrogens is 391 g/mol. The summed E-state index contributed by atoms with van der Waals surface area (Å²) in [7, 11) is -3.49. The quantitative estimate of drug-likeness (QED) is 0.762. The monoisotopic (exact) mass is 408 g/mol. The first-order valence-corrected chi connectivity index (χ1v) is 10.2. The van der Waals surface area contributed by atoms with Crippen molar-refractivity contribution >= 4 is 39.3 Å². The van der Waals surface area contributed by atoms with Gasteiger partial charge in [-0.15, -0.1) is 0 Å². The number of rotatable bonds is 5. The number of benzene rings is 2. The molecule has 5 nitrogen and oxygen atoms in total. The number of hydrogen-bond donors (Lipinski definition) is 1. The minimum Gasteiger partial charge on any atom is -0.323 e. The van der Waals surface area contributed by atoms with Crippen LogP contribution in [0.5, 0.6) is 0 Å². The van der Waals surface area contributed by atoms with E-state index in [0.717, 1.165) is 12.8 Å². The van der Waals surface area contributed by atoms with Gasteiger partial charge in [-0.05, 0) is 55.3 Å². The van der Waals surface area contributed by atoms with Gasteiger partial charge in [0.25, 0.3) is 0 Å². The predicted octanol–water partition coefficient (Wildman–Crippen LogP) is 3.92. The third-order valence-corrected chi connectivity index (χ3v) is 6.47. The number of sulfonamides is 1. The van der Waals surface area contributed by atoms with Crippen molar-refractivity contribution < 1.29 is 17.6 Å². The first-order chi connectivity index (χ1) is 12.9. The zero-order valence-electron chi connectivity index (χ0n) is 14.4. The van der Waals surface area contributed by atoms with Crippen molar-refractivity contribution in [1.82, 2.24) is 4.31 Å². The molecule has 3 rings (SSSR count). The summed E-state index contributed by atoms with van der Waals surface area (Å²) < 4.78 is 40.1. The Kier molecular flexibility index (Phi) is 5.94. The van der Waals surface area contributed by atoms with Crippen LogP contribution in [-0.2, 0) is 14.8 Å². The van der Waals surface area contributed by atoms with Crippen molar-refractivity contribution in [3.8, 4) is 0 Å². The zero-order valence-corrected chi connectivity index (χ0v) is 15.9. The van der Waals surface area contributed by atoms with Crippen molar-refractivity contribution in [3.05, 3.63) is 64.9 Å². The molecule has 0 atom stereocenters. The van der Waals surface area contributed by atoms with E-state index in [4.69, 9.17) is 11.6 Å². The molecule has 8 heteroatoms. The van der Waals surface area contributed by atoms with Gasteiger partial charge in [-0.2, -0.15) is 4.31 Å². The van der Waals surface area contributed by atoms with Crippen molar-refractivity contribution in [2.45, 2.75) is 17.7 Å². The molecule has 0 aromatic heterocycles. The van der Waals surface area contributed by atoms with Gasteiger partial charge in [0, 0.05) is 30.4 Å². The lowest BCUT2D eigenvalue weighted by molar-refractivity contribution is -0.111. The molecule has 1 heterocycles. The van der Waals surface area contributed by atoms with Crippen LogP contribution in [0.25, 0.3) is 6.08 Å². The highest BCUT2D eigenvalue weighted by molar-refractivity contribution is 7.89. The van der Waals surface area contributed by atoms with Gasteiger partial charge < -0.3 is 5.32 Å². The van der Waals surface area contributed by atoms with Crippen molar-refractivity contribution in [2.24, 2.45) is 0 Å². The number of hydrogen-bond acceptors (Lipinski definition) is 3. The van der Waals surface area contributed by atoms with Gasteiger partial charge in [0.2, 0.25) is 15.9 Å². The van der Waals surface area contributed by atoms with Crippen LogP contribution in [0, 0.1) is 5.82 Å². The molecule has 27 heavy (non-hydrogen) atoms. The summed E-state index contributed by atoms with van der Waals surface area (Å²) in [6.07, 6.45) is 4.19. The Morgan fingerprint density at radius 2 is 1.78 bits per heavy atom. The molecule has 0 radical (unpaired) electrons. The summed E-state index contributed by atoms with van der Waals surface area (Å²) in [5.74, 6) is -1.01. The third kappa shape index (κ3) is 4.55. The highest BCUT2D eigenvalue weighted by Gasteiger charge is 2.26. The molecule has 0 unspecified atom stereocenters. The molecule has 2 aromatic carbocycles. The Morgan fingerprint density at radius 1 is 1.11 bits per heavy atom. The number of carbonyl (C=O) groups excluding carboxylic acids is 1. The number of nitrogens with one attached hydrogen (secondary N) is 1. The van der Waals surface area contributed by atoms with Crippen LogP contribution in [0.4, 0.5) is 10.1 Å². The first-order valence-electron chi connectivity index (χ1n) is 8.41. The van der Waals surface area contributed by atoms with E-state index >= 15 is 0 Å². The number of nitrogens with zero attached hydrogens (tertiary/aromatic N) is 1. The molecule has 1 fully saturated rings. The fourth-order valence-electron chi connectivity index (χ4n) is 2.80. The van der Waals surface area contributed by atoms with Crippen LogP contribution in [0.3, 0.4) is 0 Å². The van der Waals surface area contributed by atoms with Gasteiger partial charge in [0.1, 0.15) is 5.82 Å². The maximum Gasteiger partial charge on any atom is 0.248 e. The predicted molar refractivity (Wildman–Crippen MR) is 104 cm³/mol. The van der Waals surface area contributed by atoms with Gasteiger partial charge in [-0.25, -0.2) is 12.8 Å². The average molecular weight is 409 g/mol. The third-order valence-electron chi connectivity index (χ3n) is 4.23. The standard InChI is InChI=1S/C19H18ClFN2O3S/c20-17-4-3-5-18(21)16(17)10-11-19(24)22-14-6-8-15(9-7-14)27(25,26)23-12-1-2-13-23/h3-11H,1-2,12-13H2,(H,22,24)/b11-10+. The Bertz CT molecular complexity index is 949. The second-order valence-corrected chi connectivity index (χ2v) is 8.44. The lowest BCUT2D eigenvalue weighted by Gasteiger charge is -2.15. The average Bonchev–Trinajstić information content (AvgIpc) is 3.17. The molecular formula is C19H18ClFN2O3S. The van der Waals surface area contributed by atoms with E-state index in [9.17, 15) is 17.6 Å². The summed E-state index contributed by atoms with van der Waals surface area (Å²) in [6.45, 7) is 1.06. The molecule has 2 aromatic rings. The van der Waals surface area contributed by atoms with Crippen LogP contribution in [0.15, 0.2) is 53.4 Å². The largest absolute Gasteiger partial charge is 0.323 e. The van der Waals surface area contributed by atoms with Gasteiger partial charge in [0.05, 0.1) is 9.92 Å². The molecule has 1 N–H and O–H groups in total. The van der Waals surface area contributed by atoms with Gasteiger partial charge in [0.15, 0.2) is 0 Å². The van der Waals surface area contributed by atoms with Gasteiger partial charge in [-0.3, -0.25) is 4.79 Å². The molecule has 1 aliphatic rings. The number of carbonyl (C=O) groups is 1. The molecule has 0 aliphatic carbocycles. The number of halogens is 2. The van der Waals surface area contributed by atoms with E-state index in [1.54, 1.807) is 0 Å². The topological polar surface area (TPSA) is 66.5 Å². The van der Waals surface area contributed by atoms with Crippen LogP contribution in [0.1, 0.15) is 18.4 Å². The van der Waals surface area contributed by atoms with E-state index in [-0.39, 0.29) is 15.5 Å². The molecule has 1 aliphatic heterocycles. The second-order valence-electron chi connectivity index (χ2n) is 6.09. The maximum absolute atomic E-state index is 13.7. The summed E-state index contributed by atoms with van der Waals surface area (Å²) in [5.41, 5.74) is 0.561. The molecule has 142 valence electrons. The smallest absolute Gasteiger partial charge is 0.248 e. The Morgan fingerprint density at radius 3 is 2.41 bits per heavy atom. The van der Waals surface area contributed by atoms with E-state index < -0.39 is 21.7 Å². The summed E-state index contributed by atoms with van der Waals surface area (Å²) in [5, 5.41) is 2.80. The van der Waals surface area contributed by atoms with E-state index in [1.807, 2.05) is 0 Å². The van der Waals surface area contributed by atoms with Gasteiger partial charge in [-0.1, -0.05) is 17.7 Å². The highest BCUT2D eigenvalue weighted by atomic mass is 35.5. The lowest BCUT2D eigenvalue weighted by Crippen LogP contribution is -2.27. The minimum absolute atomic E-state index is 0.126. The molecule has 0 bridgehead atoms. The lowest BCUT2D eigenvalue weighted by atomic mass is 10.2. The Labute approximate surface area is 162 Å². The normalized spacial score (nSPS) is 15.3. The summed E-state index contributed by atoms with van der Waals surface area (Å²) >= 11 is 5.90. The second kappa shape index (κ2) is 8.21. The molecule has 0 spiro atoms. The van der Waals surface area contributed by atoms with Crippen molar-refractivity contribution in [1.29, 1.82) is 0 Å². The summed E-state index contributed by atoms with van der Waals surface area (Å²) in [6, 6.07) is 10.2. The minimum atomic E-state index is -3.49. The maximum atomic E-state index is 13.7. The fraction of sp³-hybridized carbons (Fsp3) is 0.211. The number of anilines is 1. The van der Waals surface area contributed by atoms with Crippen LogP contribution >= 0.6 is 11.6 Å². The van der Waals surface area contributed by atoms with Crippen molar-refractivity contribution in [2.75, 3.05) is 18.4 Å². The van der Waals surface area contributed by atoms with E-state index in [0.29, 0.717) is 18.8 Å². The van der Waals surface area contributed by atoms with Crippen LogP contribution in [-0.4, -0.2) is 31.7 Å². The molecule has 1 amide bonds. The Balaban J connectivity index is 1.67. The first kappa shape index (κ1) is 19.5. The van der Waals surface area contributed by atoms with Gasteiger partial charge >= 0.3 is 0 Å². The SMILES string of the molecule is O=C(/C=C/c1c(F)cccc1Cl)Nc1ccc(S(=O)(=O)N2CCCC2)cc1. The van der Waals surface area contributed by atoms with Crippen molar-refractivity contribution in [3.63, 3.8) is 0 Å². The summed E-state index contributed by atoms with van der Waals surface area (Å²) in [4.78, 5) is 12.2. The van der Waals surface area contributed by atoms with Crippen LogP contribution < -0.4 is 5.32 Å². The fourth-order valence-corrected chi connectivity index (χ4v) is 4.54.